The number of aromatic nitrogens is 3. The summed E-state index contributed by atoms with van der Waals surface area (Å²) in [7, 11) is -2.01. The van der Waals surface area contributed by atoms with Crippen molar-refractivity contribution in [1.82, 2.24) is 24.6 Å². The molecule has 3 aliphatic rings. The molecule has 0 aromatic carbocycles. The van der Waals surface area contributed by atoms with Crippen LogP contribution in [0.2, 0.25) is 0 Å². The summed E-state index contributed by atoms with van der Waals surface area (Å²) in [6.45, 7) is 2.96. The number of sulfonamides is 1. The number of fused-ring (bicyclic) bond motifs is 3. The number of halogens is 1. The standard InChI is InChI=1S/C10H16BrN5O2S/c1-15-10(9(11)12-14-15)19(17,18)13-8-6-16-4-2-7(8)3-5-16/h7-8,13H,2-6H2,1H3. The molecule has 3 fully saturated rings. The Morgan fingerprint density at radius 1 is 1.37 bits per heavy atom. The zero-order chi connectivity index (χ0) is 13.6. The Balaban J connectivity index is 1.83. The Morgan fingerprint density at radius 2 is 2.05 bits per heavy atom. The van der Waals surface area contributed by atoms with E-state index in [4.69, 9.17) is 0 Å². The van der Waals surface area contributed by atoms with Gasteiger partial charge in [0.1, 0.15) is 0 Å². The summed E-state index contributed by atoms with van der Waals surface area (Å²) in [5.41, 5.74) is 0. The molecular weight excluding hydrogens is 334 g/mol. The van der Waals surface area contributed by atoms with E-state index < -0.39 is 10.0 Å². The average Bonchev–Trinajstić information content (AvgIpc) is 2.70. The van der Waals surface area contributed by atoms with Gasteiger partial charge in [-0.25, -0.2) is 17.8 Å². The monoisotopic (exact) mass is 349 g/mol. The molecule has 1 atom stereocenters. The number of aryl methyl sites for hydroxylation is 1. The van der Waals surface area contributed by atoms with Crippen molar-refractivity contribution < 1.29 is 8.42 Å². The van der Waals surface area contributed by atoms with Crippen LogP contribution in [-0.4, -0.2) is 54.0 Å². The molecule has 7 nitrogen and oxygen atoms in total. The molecule has 4 heterocycles. The van der Waals surface area contributed by atoms with Crippen LogP contribution in [0.15, 0.2) is 9.63 Å². The highest BCUT2D eigenvalue weighted by atomic mass is 79.9. The Kier molecular flexibility index (Phi) is 3.40. The van der Waals surface area contributed by atoms with Crippen LogP contribution >= 0.6 is 15.9 Å². The van der Waals surface area contributed by atoms with E-state index in [1.54, 1.807) is 7.05 Å². The van der Waals surface area contributed by atoms with Crippen LogP contribution in [0.4, 0.5) is 0 Å². The summed E-state index contributed by atoms with van der Waals surface area (Å²) < 4.78 is 29.2. The molecule has 106 valence electrons. The van der Waals surface area contributed by atoms with Gasteiger partial charge in [0, 0.05) is 19.6 Å². The molecule has 0 aliphatic carbocycles. The van der Waals surface area contributed by atoms with Crippen molar-refractivity contribution in [3.63, 3.8) is 0 Å². The summed E-state index contributed by atoms with van der Waals surface area (Å²) in [5, 5.41) is 7.52. The lowest BCUT2D eigenvalue weighted by Crippen LogP contribution is -2.57. The quantitative estimate of drug-likeness (QED) is 0.827. The zero-order valence-electron chi connectivity index (χ0n) is 10.6. The van der Waals surface area contributed by atoms with Crippen molar-refractivity contribution in [3.8, 4) is 0 Å². The molecule has 0 amide bonds. The minimum absolute atomic E-state index is 0.00528. The van der Waals surface area contributed by atoms with Gasteiger partial charge in [0.15, 0.2) is 4.60 Å². The number of rotatable bonds is 3. The minimum Gasteiger partial charge on any atom is -0.302 e. The van der Waals surface area contributed by atoms with E-state index >= 15 is 0 Å². The normalized spacial score (nSPS) is 30.7. The van der Waals surface area contributed by atoms with Crippen molar-refractivity contribution in [3.05, 3.63) is 4.60 Å². The Morgan fingerprint density at radius 3 is 2.53 bits per heavy atom. The summed E-state index contributed by atoms with van der Waals surface area (Å²) in [6.07, 6.45) is 2.13. The summed E-state index contributed by atoms with van der Waals surface area (Å²) >= 11 is 3.13. The first-order valence-electron chi connectivity index (χ1n) is 6.27. The van der Waals surface area contributed by atoms with E-state index in [-0.39, 0.29) is 15.7 Å². The van der Waals surface area contributed by atoms with Crippen molar-refractivity contribution >= 4 is 26.0 Å². The third-order valence-corrected chi connectivity index (χ3v) is 6.33. The predicted octanol–water partition coefficient (Wildman–Crippen LogP) is -0.0499. The van der Waals surface area contributed by atoms with Crippen LogP contribution in [0.3, 0.4) is 0 Å². The molecule has 3 saturated heterocycles. The maximum atomic E-state index is 12.4. The van der Waals surface area contributed by atoms with Gasteiger partial charge in [-0.05, 0) is 47.8 Å². The van der Waals surface area contributed by atoms with Gasteiger partial charge in [0.05, 0.1) is 0 Å². The topological polar surface area (TPSA) is 80.1 Å². The zero-order valence-corrected chi connectivity index (χ0v) is 13.0. The second-order valence-corrected chi connectivity index (χ2v) is 7.56. The lowest BCUT2D eigenvalue weighted by molar-refractivity contribution is 0.0826. The second kappa shape index (κ2) is 4.80. The third-order valence-electron chi connectivity index (χ3n) is 3.95. The second-order valence-electron chi connectivity index (χ2n) is 5.17. The fourth-order valence-corrected chi connectivity index (χ4v) is 5.35. The number of piperidine rings is 3. The number of nitrogens with zero attached hydrogens (tertiary/aromatic N) is 4. The van der Waals surface area contributed by atoms with Gasteiger partial charge < -0.3 is 4.90 Å². The van der Waals surface area contributed by atoms with Gasteiger partial charge in [-0.3, -0.25) is 0 Å². The summed E-state index contributed by atoms with van der Waals surface area (Å²) in [6, 6.07) is -0.00528. The van der Waals surface area contributed by atoms with E-state index in [0.717, 1.165) is 32.5 Å². The Hall–Kier alpha value is -0.510. The van der Waals surface area contributed by atoms with Crippen molar-refractivity contribution in [2.45, 2.75) is 23.9 Å². The molecule has 1 unspecified atom stereocenters. The van der Waals surface area contributed by atoms with Gasteiger partial charge in [-0.1, -0.05) is 5.21 Å². The highest BCUT2D eigenvalue weighted by Crippen LogP contribution is 2.29. The predicted molar refractivity (Wildman–Crippen MR) is 72.0 cm³/mol. The molecule has 19 heavy (non-hydrogen) atoms. The van der Waals surface area contributed by atoms with Gasteiger partial charge in [0.25, 0.3) is 10.0 Å². The van der Waals surface area contributed by atoms with Crippen molar-refractivity contribution in [2.75, 3.05) is 19.6 Å². The maximum absolute atomic E-state index is 12.4. The Labute approximate surface area is 120 Å². The first kappa shape index (κ1) is 13.5. The molecule has 0 saturated carbocycles. The van der Waals surface area contributed by atoms with Gasteiger partial charge in [-0.2, -0.15) is 0 Å². The van der Waals surface area contributed by atoms with E-state index in [0.29, 0.717) is 5.92 Å². The van der Waals surface area contributed by atoms with Crippen LogP contribution in [0.5, 0.6) is 0 Å². The van der Waals surface area contributed by atoms with Gasteiger partial charge in [-0.15, -0.1) is 5.10 Å². The van der Waals surface area contributed by atoms with Crippen LogP contribution in [0.25, 0.3) is 0 Å². The van der Waals surface area contributed by atoms with E-state index in [9.17, 15) is 8.42 Å². The van der Waals surface area contributed by atoms with Gasteiger partial charge >= 0.3 is 0 Å². The minimum atomic E-state index is -3.59. The number of nitrogens with one attached hydrogen (secondary N) is 1. The fraction of sp³-hybridized carbons (Fsp3) is 0.800. The average molecular weight is 350 g/mol. The maximum Gasteiger partial charge on any atom is 0.260 e. The number of hydrogen-bond donors (Lipinski definition) is 1. The highest BCUT2D eigenvalue weighted by molar-refractivity contribution is 9.10. The Bertz CT molecular complexity index is 559. The third kappa shape index (κ3) is 2.44. The molecule has 0 spiro atoms. The van der Waals surface area contributed by atoms with E-state index in [1.165, 1.54) is 4.68 Å². The lowest BCUT2D eigenvalue weighted by atomic mass is 9.85. The SMILES string of the molecule is Cn1nnc(Br)c1S(=O)(=O)NC1CN2CCC1CC2. The summed E-state index contributed by atoms with van der Waals surface area (Å²) in [5.74, 6) is 0.444. The van der Waals surface area contributed by atoms with Crippen LogP contribution in [0.1, 0.15) is 12.8 Å². The van der Waals surface area contributed by atoms with Crippen LogP contribution in [0, 0.1) is 5.92 Å². The molecule has 2 bridgehead atoms. The smallest absolute Gasteiger partial charge is 0.260 e. The molecule has 1 N–H and O–H groups in total. The van der Waals surface area contributed by atoms with Crippen molar-refractivity contribution in [1.29, 1.82) is 0 Å². The fourth-order valence-electron chi connectivity index (χ4n) is 2.96. The molecule has 1 aromatic rings. The largest absolute Gasteiger partial charge is 0.302 e. The number of hydrogen-bond acceptors (Lipinski definition) is 5. The highest BCUT2D eigenvalue weighted by Gasteiger charge is 2.37. The molecule has 3 aliphatic heterocycles. The van der Waals surface area contributed by atoms with E-state index in [2.05, 4.69) is 35.9 Å². The van der Waals surface area contributed by atoms with Gasteiger partial charge in [0.2, 0.25) is 5.03 Å². The van der Waals surface area contributed by atoms with Crippen molar-refractivity contribution in [2.24, 2.45) is 13.0 Å². The molecule has 0 radical (unpaired) electrons. The molecule has 9 heteroatoms. The molecule has 4 rings (SSSR count). The first-order chi connectivity index (χ1) is 8.97. The van der Waals surface area contributed by atoms with Crippen LogP contribution in [-0.2, 0) is 17.1 Å². The molecular formula is C10H16BrN5O2S. The lowest BCUT2D eigenvalue weighted by Gasteiger charge is -2.44. The van der Waals surface area contributed by atoms with Crippen LogP contribution < -0.4 is 4.72 Å². The first-order valence-corrected chi connectivity index (χ1v) is 8.55. The molecule has 1 aromatic heterocycles. The summed E-state index contributed by atoms with van der Waals surface area (Å²) in [4.78, 5) is 2.31. The van der Waals surface area contributed by atoms with E-state index in [1.807, 2.05) is 0 Å².